The van der Waals surface area contributed by atoms with Crippen molar-refractivity contribution in [3.8, 4) is 0 Å². The first-order valence-corrected chi connectivity index (χ1v) is 6.41. The summed E-state index contributed by atoms with van der Waals surface area (Å²) < 4.78 is 4.54. The molecule has 0 radical (unpaired) electrons. The third-order valence-electron chi connectivity index (χ3n) is 2.97. The Balaban J connectivity index is 2.01. The molecule has 0 bridgehead atoms. The molecule has 0 amide bonds. The smallest absolute Gasteiger partial charge is 0.323 e. The molecule has 0 unspecified atom stereocenters. The average Bonchev–Trinajstić information content (AvgIpc) is 2.95. The number of benzene rings is 2. The van der Waals surface area contributed by atoms with Crippen molar-refractivity contribution >= 4 is 34.0 Å². The van der Waals surface area contributed by atoms with Gasteiger partial charge in [-0.1, -0.05) is 41.9 Å². The highest BCUT2D eigenvalue weighted by atomic mass is 35.5. The standard InChI is InChI=1S/C13H9ClN4O3/c14-9-6-10(15-7-8-4-2-1-3-5-8)13(18(19)20)12-11(9)16-21-17-12/h1-6,15H,7H2. The number of nitro benzene ring substituents is 1. The number of nitrogens with one attached hydrogen (secondary N) is 1. The fraction of sp³-hybridized carbons (Fsp3) is 0.0769. The van der Waals surface area contributed by atoms with Gasteiger partial charge in [0.25, 0.3) is 0 Å². The summed E-state index contributed by atoms with van der Waals surface area (Å²) in [7, 11) is 0. The Kier molecular flexibility index (Phi) is 3.41. The van der Waals surface area contributed by atoms with Crippen LogP contribution >= 0.6 is 11.6 Å². The van der Waals surface area contributed by atoms with Gasteiger partial charge in [-0.2, -0.15) is 0 Å². The zero-order valence-electron chi connectivity index (χ0n) is 10.6. The Morgan fingerprint density at radius 3 is 2.67 bits per heavy atom. The van der Waals surface area contributed by atoms with Gasteiger partial charge in [0.1, 0.15) is 5.69 Å². The zero-order valence-corrected chi connectivity index (χ0v) is 11.4. The molecule has 3 rings (SSSR count). The highest BCUT2D eigenvalue weighted by Crippen LogP contribution is 2.36. The summed E-state index contributed by atoms with van der Waals surface area (Å²) in [5.74, 6) is 0. The fourth-order valence-corrected chi connectivity index (χ4v) is 2.24. The van der Waals surface area contributed by atoms with Crippen molar-refractivity contribution in [2.75, 3.05) is 5.32 Å². The van der Waals surface area contributed by atoms with Crippen LogP contribution in [0.2, 0.25) is 5.02 Å². The highest BCUT2D eigenvalue weighted by Gasteiger charge is 2.25. The molecule has 1 aromatic heterocycles. The van der Waals surface area contributed by atoms with Crippen molar-refractivity contribution in [3.63, 3.8) is 0 Å². The summed E-state index contributed by atoms with van der Waals surface area (Å²) in [6.07, 6.45) is 0. The third-order valence-corrected chi connectivity index (χ3v) is 3.26. The van der Waals surface area contributed by atoms with E-state index in [1.165, 1.54) is 6.07 Å². The summed E-state index contributed by atoms with van der Waals surface area (Å²) in [5, 5.41) is 21.6. The molecular weight excluding hydrogens is 296 g/mol. The molecule has 21 heavy (non-hydrogen) atoms. The van der Waals surface area contributed by atoms with E-state index in [4.69, 9.17) is 11.6 Å². The van der Waals surface area contributed by atoms with Crippen molar-refractivity contribution in [3.05, 3.63) is 57.1 Å². The molecule has 106 valence electrons. The van der Waals surface area contributed by atoms with Gasteiger partial charge in [-0.15, -0.1) is 0 Å². The van der Waals surface area contributed by atoms with Crippen LogP contribution in [-0.4, -0.2) is 15.2 Å². The Morgan fingerprint density at radius 2 is 1.95 bits per heavy atom. The predicted octanol–water partition coefficient (Wildman–Crippen LogP) is 3.40. The lowest BCUT2D eigenvalue weighted by molar-refractivity contribution is -0.382. The SMILES string of the molecule is O=[N+]([O-])c1c(NCc2ccccc2)cc(Cl)c2nonc12. The number of aromatic nitrogens is 2. The molecule has 7 nitrogen and oxygen atoms in total. The number of nitro groups is 1. The van der Waals surface area contributed by atoms with Crippen LogP contribution in [-0.2, 0) is 6.54 Å². The van der Waals surface area contributed by atoms with Gasteiger partial charge >= 0.3 is 5.69 Å². The Labute approximate surface area is 123 Å². The van der Waals surface area contributed by atoms with E-state index < -0.39 is 4.92 Å². The van der Waals surface area contributed by atoms with E-state index in [2.05, 4.69) is 20.3 Å². The van der Waals surface area contributed by atoms with Crippen LogP contribution in [0.5, 0.6) is 0 Å². The predicted molar refractivity (Wildman–Crippen MR) is 77.2 cm³/mol. The van der Waals surface area contributed by atoms with E-state index in [0.29, 0.717) is 6.54 Å². The van der Waals surface area contributed by atoms with Crippen molar-refractivity contribution in [2.45, 2.75) is 6.54 Å². The molecule has 0 saturated carbocycles. The number of rotatable bonds is 4. The maximum absolute atomic E-state index is 11.3. The summed E-state index contributed by atoms with van der Waals surface area (Å²) in [6, 6.07) is 11.0. The van der Waals surface area contributed by atoms with Gasteiger partial charge in [0, 0.05) is 6.54 Å². The van der Waals surface area contributed by atoms with E-state index in [0.717, 1.165) is 5.56 Å². The summed E-state index contributed by atoms with van der Waals surface area (Å²) >= 11 is 6.04. The third kappa shape index (κ3) is 2.50. The first-order chi connectivity index (χ1) is 10.2. The highest BCUT2D eigenvalue weighted by molar-refractivity contribution is 6.35. The van der Waals surface area contributed by atoms with Crippen molar-refractivity contribution in [2.24, 2.45) is 0 Å². The molecule has 0 spiro atoms. The first-order valence-electron chi connectivity index (χ1n) is 6.04. The van der Waals surface area contributed by atoms with E-state index in [9.17, 15) is 10.1 Å². The minimum atomic E-state index is -0.532. The second kappa shape index (κ2) is 5.37. The second-order valence-corrected chi connectivity index (χ2v) is 4.72. The summed E-state index contributed by atoms with van der Waals surface area (Å²) in [4.78, 5) is 10.7. The van der Waals surface area contributed by atoms with Gasteiger partial charge in [-0.25, -0.2) is 4.63 Å². The molecule has 3 aromatic rings. The molecular formula is C13H9ClN4O3. The van der Waals surface area contributed by atoms with Crippen LogP contribution in [0.4, 0.5) is 11.4 Å². The number of anilines is 1. The molecule has 0 aliphatic heterocycles. The lowest BCUT2D eigenvalue weighted by atomic mass is 10.2. The lowest BCUT2D eigenvalue weighted by Gasteiger charge is -2.07. The second-order valence-electron chi connectivity index (χ2n) is 4.31. The van der Waals surface area contributed by atoms with Gasteiger partial charge in [-0.05, 0) is 21.9 Å². The number of fused-ring (bicyclic) bond motifs is 1. The van der Waals surface area contributed by atoms with Crippen LogP contribution < -0.4 is 5.32 Å². The van der Waals surface area contributed by atoms with Crippen LogP contribution in [0.1, 0.15) is 5.56 Å². The Hall–Kier alpha value is -2.67. The Bertz CT molecular complexity index is 804. The number of nitrogens with zero attached hydrogens (tertiary/aromatic N) is 3. The number of hydrogen-bond acceptors (Lipinski definition) is 6. The molecule has 0 aliphatic carbocycles. The normalized spacial score (nSPS) is 10.7. The van der Waals surface area contributed by atoms with E-state index in [1.54, 1.807) is 0 Å². The zero-order chi connectivity index (χ0) is 14.8. The van der Waals surface area contributed by atoms with Gasteiger partial charge in [0.05, 0.1) is 9.95 Å². The van der Waals surface area contributed by atoms with Gasteiger partial charge < -0.3 is 5.32 Å². The van der Waals surface area contributed by atoms with Crippen LogP contribution in [0.3, 0.4) is 0 Å². The molecule has 0 fully saturated rings. The summed E-state index contributed by atoms with van der Waals surface area (Å²) in [5.41, 5.74) is 1.27. The van der Waals surface area contributed by atoms with Crippen molar-refractivity contribution < 1.29 is 9.55 Å². The van der Waals surface area contributed by atoms with Gasteiger partial charge in [0.15, 0.2) is 5.52 Å². The summed E-state index contributed by atoms with van der Waals surface area (Å²) in [6.45, 7) is 0.425. The average molecular weight is 305 g/mol. The molecule has 1 N–H and O–H groups in total. The maximum atomic E-state index is 11.3. The lowest BCUT2D eigenvalue weighted by Crippen LogP contribution is -2.03. The molecule has 0 atom stereocenters. The monoisotopic (exact) mass is 304 g/mol. The topological polar surface area (TPSA) is 94.1 Å². The van der Waals surface area contributed by atoms with Gasteiger partial charge in [0.2, 0.25) is 5.52 Å². The van der Waals surface area contributed by atoms with Crippen LogP contribution in [0.25, 0.3) is 11.0 Å². The first kappa shape index (κ1) is 13.3. The van der Waals surface area contributed by atoms with Crippen molar-refractivity contribution in [1.82, 2.24) is 10.3 Å². The van der Waals surface area contributed by atoms with E-state index in [-0.39, 0.29) is 27.4 Å². The largest absolute Gasteiger partial charge is 0.375 e. The fourth-order valence-electron chi connectivity index (χ4n) is 2.00. The van der Waals surface area contributed by atoms with E-state index >= 15 is 0 Å². The van der Waals surface area contributed by atoms with Gasteiger partial charge in [-0.3, -0.25) is 10.1 Å². The molecule has 0 aliphatic rings. The quantitative estimate of drug-likeness (QED) is 0.586. The maximum Gasteiger partial charge on any atom is 0.323 e. The van der Waals surface area contributed by atoms with Crippen molar-refractivity contribution in [1.29, 1.82) is 0 Å². The van der Waals surface area contributed by atoms with Crippen LogP contribution in [0, 0.1) is 10.1 Å². The Morgan fingerprint density at radius 1 is 1.24 bits per heavy atom. The van der Waals surface area contributed by atoms with Crippen LogP contribution in [0.15, 0.2) is 41.0 Å². The minimum Gasteiger partial charge on any atom is -0.375 e. The molecule has 1 heterocycles. The molecule has 0 saturated heterocycles. The molecule has 2 aromatic carbocycles. The number of halogens is 1. The van der Waals surface area contributed by atoms with E-state index in [1.807, 2.05) is 30.3 Å². The minimum absolute atomic E-state index is 0.0306. The molecule has 8 heteroatoms. The number of hydrogen-bond donors (Lipinski definition) is 1.